The second-order valence-corrected chi connectivity index (χ2v) is 31.6. The Labute approximate surface area is 644 Å². The molecule has 2 aromatic heterocycles. The van der Waals surface area contributed by atoms with Crippen LogP contribution in [0.15, 0.2) is 122 Å². The molecule has 4 aliphatic rings. The molecule has 0 aliphatic carbocycles. The van der Waals surface area contributed by atoms with Gasteiger partial charge in [-0.25, -0.2) is 0 Å². The number of nitrogens with zero attached hydrogens (tertiary/aromatic N) is 2. The minimum atomic E-state index is -1.60. The molecule has 0 unspecified atom stereocenters. The number of amidine groups is 1. The first-order chi connectivity index (χ1) is 52.8. The van der Waals surface area contributed by atoms with Gasteiger partial charge in [0.2, 0.25) is 53.2 Å². The van der Waals surface area contributed by atoms with E-state index in [1.54, 1.807) is 97.3 Å². The molecule has 4 aromatic carbocycles. The van der Waals surface area contributed by atoms with E-state index in [2.05, 4.69) is 52.5 Å². The topological polar surface area (TPSA) is 479 Å². The second kappa shape index (κ2) is 38.8. The Morgan fingerprint density at radius 1 is 0.491 bits per heavy atom. The Hall–Kier alpha value is -10.4. The van der Waals surface area contributed by atoms with E-state index < -0.39 is 174 Å². The number of hydrogen-bond acceptors (Lipinski definition) is 18. The first-order valence-corrected chi connectivity index (χ1v) is 39.8. The number of unbranched alkanes of at least 4 members (excludes halogenated alkanes) is 1. The number of amides is 9. The summed E-state index contributed by atoms with van der Waals surface area (Å²) in [7, 11) is 2.03. The Morgan fingerprint density at radius 3 is 1.55 bits per heavy atom. The van der Waals surface area contributed by atoms with E-state index in [0.717, 1.165) is 42.3 Å². The van der Waals surface area contributed by atoms with Crippen LogP contribution in [0.2, 0.25) is 0 Å². The summed E-state index contributed by atoms with van der Waals surface area (Å²) in [5.74, 6) is -14.0. The summed E-state index contributed by atoms with van der Waals surface area (Å²) in [6.07, 6.45) is -0.962. The Bertz CT molecular complexity index is 4080. The first-order valence-electron chi connectivity index (χ1n) is 37.3. The van der Waals surface area contributed by atoms with Gasteiger partial charge in [-0.05, 0) is 73.4 Å². The molecular weight excluding hydrogens is 1450 g/mol. The van der Waals surface area contributed by atoms with Gasteiger partial charge in [0.1, 0.15) is 59.9 Å². The number of rotatable bonds is 17. The zero-order chi connectivity index (χ0) is 78.7. The van der Waals surface area contributed by atoms with Crippen LogP contribution >= 0.6 is 21.6 Å². The van der Waals surface area contributed by atoms with Gasteiger partial charge in [0.25, 0.3) is 0 Å². The number of carbonyl (C=O) groups excluding carboxylic acids is 12. The van der Waals surface area contributed by atoms with Crippen LogP contribution in [-0.4, -0.2) is 210 Å². The number of nitrogens with one attached hydrogen (secondary N) is 12. The maximum Gasteiger partial charge on any atom is 0.245 e. The molecule has 18 N–H and O–H groups in total. The van der Waals surface area contributed by atoms with Crippen molar-refractivity contribution in [2.24, 2.45) is 29.2 Å². The number of Topliss-reactive ketones (excluding diaryl/α,β-unsaturated/α-hetero) is 3. The number of aliphatic hydroxyl groups excluding tert-OH is 2. The van der Waals surface area contributed by atoms with Crippen molar-refractivity contribution in [1.29, 1.82) is 10.8 Å². The molecule has 2 bridgehead atoms. The van der Waals surface area contributed by atoms with Gasteiger partial charge in [-0.2, -0.15) is 0 Å². The summed E-state index contributed by atoms with van der Waals surface area (Å²) < 4.78 is 0. The van der Waals surface area contributed by atoms with Gasteiger partial charge in [-0.3, -0.25) is 68.4 Å². The molecule has 0 saturated carbocycles. The lowest BCUT2D eigenvalue weighted by molar-refractivity contribution is -0.143. The predicted octanol–water partition coefficient (Wildman–Crippen LogP) is 2.17. The van der Waals surface area contributed by atoms with E-state index >= 15 is 38.4 Å². The molecule has 6 heterocycles. The highest BCUT2D eigenvalue weighted by Crippen LogP contribution is 2.33. The fourth-order valence-corrected chi connectivity index (χ4v) is 17.2. The molecule has 6 aromatic rings. The number of aromatic nitrogens is 2. The van der Waals surface area contributed by atoms with E-state index in [0.29, 0.717) is 39.6 Å². The van der Waals surface area contributed by atoms with E-state index in [1.165, 1.54) is 13.8 Å². The van der Waals surface area contributed by atoms with Crippen LogP contribution in [0.25, 0.3) is 21.8 Å². The number of aliphatic hydroxyl groups is 2. The van der Waals surface area contributed by atoms with Crippen LogP contribution in [0.3, 0.4) is 0 Å². The lowest BCUT2D eigenvalue weighted by atomic mass is 9.83. The summed E-state index contributed by atoms with van der Waals surface area (Å²) >= 11 is 0. The zero-order valence-electron chi connectivity index (χ0n) is 61.4. The van der Waals surface area contributed by atoms with Crippen molar-refractivity contribution in [3.8, 4) is 0 Å². The Kier molecular flexibility index (Phi) is 28.9. The van der Waals surface area contributed by atoms with Crippen molar-refractivity contribution in [2.45, 2.75) is 177 Å². The fraction of sp³-hybridized carbons (Fsp3) is 0.462. The number of para-hydroxylation sites is 2. The van der Waals surface area contributed by atoms with Gasteiger partial charge in [-0.1, -0.05) is 132 Å². The highest BCUT2D eigenvalue weighted by Gasteiger charge is 2.45. The third kappa shape index (κ3) is 22.2. The standard InChI is InChI=1S/C78H98N16O14S2/c1-43-28-65(97)50-34-66(98)47(31-48-37-84-55-22-11-9-20-53(48)55)33-67(99)57(24-13-14-26-68(79)80)87-70(101)59(29-45-16-5-3-6-17-45)90-75(106)64-36-52(96)40-94(64)77(108)44(2)86-73(104)62(42-110-109-41-50)92-72(103)61(32-49-38-85-56-23-12-10-21-54(49)56)89-69(100)58(25-15-27-83-78(81)82)88-71(102)60(30-46-18-7-4-8-19-46)91-74(105)63-35-51(95)39-93(63)76(43)107/h3-12,16-23,37-38,43-44,47,50-52,57-64,84-85,95-96H,13-15,24-36,39-42H2,1-2H3,(H3,79,80)(H,86,104)(H,87,101)(H,88,102)(H,89,100)(H,90,106)(H,91,105)(H,92,103)(H4,81,82,83)/t43-,44+,47-,50+,51-,52-,57+,58+,59-,60-,61+,62+,63+,64+/m1/s1. The van der Waals surface area contributed by atoms with Gasteiger partial charge in [0.05, 0.1) is 24.1 Å². The molecule has 4 saturated heterocycles. The molecule has 0 radical (unpaired) electrons. The van der Waals surface area contributed by atoms with E-state index in [9.17, 15) is 29.4 Å². The number of ketones is 3. The molecule has 4 aliphatic heterocycles. The largest absolute Gasteiger partial charge is 0.391 e. The Balaban J connectivity index is 1.07. The molecule has 586 valence electrons. The summed E-state index contributed by atoms with van der Waals surface area (Å²) in [5.41, 5.74) is 15.2. The molecule has 0 spiro atoms. The minimum absolute atomic E-state index is 0.00301. The third-order valence-electron chi connectivity index (χ3n) is 20.6. The Morgan fingerprint density at radius 2 is 0.973 bits per heavy atom. The van der Waals surface area contributed by atoms with Gasteiger partial charge >= 0.3 is 0 Å². The fourth-order valence-electron chi connectivity index (χ4n) is 14.7. The molecular formula is C78H98N16O14S2. The van der Waals surface area contributed by atoms with Gasteiger partial charge in [0.15, 0.2) is 11.7 Å². The van der Waals surface area contributed by atoms with Crippen molar-refractivity contribution < 1.29 is 67.7 Å². The quantitative estimate of drug-likeness (QED) is 0.0269. The SMILES string of the molecule is C[C@@H]1CC(=O)[C@@H]2CSSC[C@H](NC(=O)[C@H](Cc3c[nH]c4ccccc34)NC(=O)[C@H](CCCNC(=N)N)NC(=O)[C@@H](Cc3ccccc3)NC(=O)[C@@H]3C[C@@H](O)CN3C1=O)C(=O)N[C@@H](C)C(=O)N1C[C@H](O)C[C@H]1C(=O)N[C@H](Cc1ccccc1)C(=O)N[C@@H](CCCCC(=N)N)C(=O)C[C@@H](Cc1c[nH]c3ccccc13)C(=O)C2. The molecule has 4 fully saturated rings. The first kappa shape index (κ1) is 82.1. The highest BCUT2D eigenvalue weighted by molar-refractivity contribution is 8.76. The van der Waals surface area contributed by atoms with E-state index in [-0.39, 0.29) is 114 Å². The number of nitrogens with two attached hydrogens (primary N) is 2. The highest BCUT2D eigenvalue weighted by atomic mass is 33.1. The molecule has 32 heteroatoms. The summed E-state index contributed by atoms with van der Waals surface area (Å²) in [5, 5.41) is 62.0. The van der Waals surface area contributed by atoms with Crippen LogP contribution < -0.4 is 54.0 Å². The number of H-pyrrole nitrogens is 2. The number of carbonyl (C=O) groups is 12. The van der Waals surface area contributed by atoms with Gasteiger partial charge in [0, 0.05) is 141 Å². The monoisotopic (exact) mass is 1550 g/mol. The minimum Gasteiger partial charge on any atom is -0.391 e. The second-order valence-electron chi connectivity index (χ2n) is 29.0. The lowest BCUT2D eigenvalue weighted by Gasteiger charge is -2.30. The smallest absolute Gasteiger partial charge is 0.245 e. The lowest BCUT2D eigenvalue weighted by Crippen LogP contribution is -2.61. The zero-order valence-corrected chi connectivity index (χ0v) is 63.1. The van der Waals surface area contributed by atoms with Crippen molar-refractivity contribution in [2.75, 3.05) is 31.1 Å². The van der Waals surface area contributed by atoms with E-state index in [1.807, 2.05) is 24.3 Å². The average molecular weight is 1550 g/mol. The normalized spacial score (nSPS) is 26.7. The number of aromatic amines is 2. The summed E-state index contributed by atoms with van der Waals surface area (Å²) in [4.78, 5) is 191. The number of fused-ring (bicyclic) bond motifs is 9. The number of hydrogen-bond donors (Lipinski definition) is 16. The van der Waals surface area contributed by atoms with Crippen LogP contribution in [0.4, 0.5) is 0 Å². The molecule has 110 heavy (non-hydrogen) atoms. The summed E-state index contributed by atoms with van der Waals surface area (Å²) in [6.45, 7) is 2.15. The molecule has 9 amide bonds. The van der Waals surface area contributed by atoms with Crippen LogP contribution in [0.1, 0.15) is 107 Å². The van der Waals surface area contributed by atoms with E-state index in [4.69, 9.17) is 22.3 Å². The maximum absolute atomic E-state index is 15.7. The molecule has 30 nitrogen and oxygen atoms in total. The molecule has 14 atom stereocenters. The van der Waals surface area contributed by atoms with Crippen molar-refractivity contribution in [3.63, 3.8) is 0 Å². The number of guanidine groups is 1. The van der Waals surface area contributed by atoms with Crippen LogP contribution in [-0.2, 0) is 83.2 Å². The molecule has 10 rings (SSSR count). The van der Waals surface area contributed by atoms with Crippen LogP contribution in [0, 0.1) is 28.6 Å². The summed E-state index contributed by atoms with van der Waals surface area (Å²) in [6, 6.07) is 18.7. The average Bonchev–Trinajstić information content (AvgIpc) is 1.65. The van der Waals surface area contributed by atoms with Gasteiger partial charge < -0.3 is 84.0 Å². The van der Waals surface area contributed by atoms with Crippen LogP contribution in [0.5, 0.6) is 0 Å². The third-order valence-corrected chi connectivity index (χ3v) is 23.1. The van der Waals surface area contributed by atoms with Crippen molar-refractivity contribution in [1.82, 2.24) is 62.3 Å². The van der Waals surface area contributed by atoms with Crippen molar-refractivity contribution in [3.05, 3.63) is 144 Å². The predicted molar refractivity (Wildman–Crippen MR) is 415 cm³/mol. The maximum atomic E-state index is 15.7. The number of benzene rings is 4. The van der Waals surface area contributed by atoms with Crippen molar-refractivity contribution >= 4 is 126 Å². The van der Waals surface area contributed by atoms with Gasteiger partial charge in [-0.15, -0.1) is 0 Å².